The van der Waals surface area contributed by atoms with Crippen LogP contribution in [-0.2, 0) is 20.7 Å². The van der Waals surface area contributed by atoms with E-state index in [1.54, 1.807) is 0 Å². The summed E-state index contributed by atoms with van der Waals surface area (Å²) < 4.78 is 9.49. The smallest absolute Gasteiger partial charge is 0.449 e. The van der Waals surface area contributed by atoms with Crippen molar-refractivity contribution >= 4 is 12.6 Å². The van der Waals surface area contributed by atoms with Gasteiger partial charge in [0, 0.05) is 31.7 Å². The fraction of sp³-hybridized carbons (Fsp3) is 0.600. The van der Waals surface area contributed by atoms with Gasteiger partial charge in [0.15, 0.2) is 0 Å². The lowest BCUT2D eigenvalue weighted by Crippen LogP contribution is -2.53. The average molecular weight is 365 g/mol. The zero-order valence-corrected chi connectivity index (χ0v) is 16.2. The maximum Gasteiger partial charge on any atom is 0.513 e. The molecule has 2 rings (SSSR count). The molecule has 1 heterocycles. The van der Waals surface area contributed by atoms with Gasteiger partial charge in [0.25, 0.3) is 0 Å². The van der Waals surface area contributed by atoms with Gasteiger partial charge < -0.3 is 14.6 Å². The van der Waals surface area contributed by atoms with E-state index in [9.17, 15) is 0 Å². The van der Waals surface area contributed by atoms with Gasteiger partial charge in [-0.15, -0.1) is 0 Å². The SMILES string of the molecule is CCOC1(Cc2ccccc2)CCN(C(C)(C)C)CC1.O=COC(=O)O. The molecule has 0 radical (unpaired) electrons. The number of hydrogen-bond donors (Lipinski definition) is 1. The number of benzene rings is 1. The van der Waals surface area contributed by atoms with Crippen molar-refractivity contribution in [3.63, 3.8) is 0 Å². The first-order valence-electron chi connectivity index (χ1n) is 8.98. The van der Waals surface area contributed by atoms with Crippen LogP contribution in [0.25, 0.3) is 0 Å². The van der Waals surface area contributed by atoms with Crippen molar-refractivity contribution in [1.82, 2.24) is 4.90 Å². The summed E-state index contributed by atoms with van der Waals surface area (Å²) in [6.45, 7) is 12.0. The van der Waals surface area contributed by atoms with E-state index < -0.39 is 6.16 Å². The standard InChI is InChI=1S/C18H29NO.C2H2O4/c1-5-20-18(15-16-9-7-6-8-10-16)11-13-19(14-12-18)17(2,3)4;3-1-6-2(4)5/h6-10H,5,11-15H2,1-4H3;1H,(H,4,5). The molecule has 0 atom stereocenters. The summed E-state index contributed by atoms with van der Waals surface area (Å²) in [7, 11) is 0. The van der Waals surface area contributed by atoms with Gasteiger partial charge >= 0.3 is 12.6 Å². The van der Waals surface area contributed by atoms with Crippen molar-refractivity contribution in [1.29, 1.82) is 0 Å². The average Bonchev–Trinajstić information content (AvgIpc) is 2.56. The highest BCUT2D eigenvalue weighted by molar-refractivity contribution is 5.66. The Morgan fingerprint density at radius 2 is 1.81 bits per heavy atom. The molecular formula is C20H31NO5. The van der Waals surface area contributed by atoms with Crippen LogP contribution in [0.4, 0.5) is 4.79 Å². The molecule has 6 nitrogen and oxygen atoms in total. The summed E-state index contributed by atoms with van der Waals surface area (Å²) in [4.78, 5) is 20.7. The van der Waals surface area contributed by atoms with Crippen molar-refractivity contribution in [2.24, 2.45) is 0 Å². The predicted octanol–water partition coefficient (Wildman–Crippen LogP) is 3.74. The summed E-state index contributed by atoms with van der Waals surface area (Å²) in [6, 6.07) is 10.8. The molecule has 1 aromatic rings. The molecule has 1 saturated heterocycles. The molecule has 1 aliphatic rings. The lowest BCUT2D eigenvalue weighted by molar-refractivity contribution is -0.124. The van der Waals surface area contributed by atoms with Crippen LogP contribution in [-0.4, -0.2) is 53.5 Å². The summed E-state index contributed by atoms with van der Waals surface area (Å²) in [5, 5.41) is 7.46. The first kappa shape index (κ1) is 22.1. The van der Waals surface area contributed by atoms with Crippen molar-refractivity contribution < 1.29 is 24.2 Å². The van der Waals surface area contributed by atoms with E-state index in [4.69, 9.17) is 19.4 Å². The normalized spacial score (nSPS) is 16.9. The third kappa shape index (κ3) is 7.54. The minimum Gasteiger partial charge on any atom is -0.449 e. The van der Waals surface area contributed by atoms with E-state index in [2.05, 4.69) is 67.7 Å². The van der Waals surface area contributed by atoms with Gasteiger partial charge in [-0.1, -0.05) is 30.3 Å². The number of carboxylic acid groups (broad SMARTS) is 1. The Hall–Kier alpha value is -1.92. The predicted molar refractivity (Wildman–Crippen MR) is 100 cm³/mol. The lowest BCUT2D eigenvalue weighted by atomic mass is 9.83. The number of ether oxygens (including phenoxy) is 2. The van der Waals surface area contributed by atoms with E-state index in [0.29, 0.717) is 0 Å². The van der Waals surface area contributed by atoms with Crippen molar-refractivity contribution in [2.45, 2.75) is 58.1 Å². The highest BCUT2D eigenvalue weighted by Crippen LogP contribution is 2.32. The van der Waals surface area contributed by atoms with Crippen molar-refractivity contribution in [2.75, 3.05) is 19.7 Å². The van der Waals surface area contributed by atoms with E-state index in [0.717, 1.165) is 39.0 Å². The second-order valence-corrected chi connectivity index (χ2v) is 7.42. The fourth-order valence-corrected chi connectivity index (χ4v) is 3.27. The molecule has 1 aliphatic heterocycles. The molecule has 0 bridgehead atoms. The Morgan fingerprint density at radius 3 is 2.19 bits per heavy atom. The van der Waals surface area contributed by atoms with Crippen LogP contribution in [0.15, 0.2) is 30.3 Å². The number of carbonyl (C=O) groups excluding carboxylic acids is 1. The Balaban J connectivity index is 0.000000487. The van der Waals surface area contributed by atoms with E-state index >= 15 is 0 Å². The van der Waals surface area contributed by atoms with Crippen molar-refractivity contribution in [3.8, 4) is 0 Å². The first-order chi connectivity index (χ1) is 12.2. The molecule has 26 heavy (non-hydrogen) atoms. The van der Waals surface area contributed by atoms with Gasteiger partial charge in [0.05, 0.1) is 5.60 Å². The maximum absolute atomic E-state index is 9.15. The highest BCUT2D eigenvalue weighted by atomic mass is 16.7. The zero-order valence-electron chi connectivity index (χ0n) is 16.2. The Labute approximate surface area is 156 Å². The number of carbonyl (C=O) groups is 2. The molecule has 1 N–H and O–H groups in total. The van der Waals surface area contributed by atoms with Gasteiger partial charge in [0.2, 0.25) is 0 Å². The van der Waals surface area contributed by atoms with Gasteiger partial charge in [-0.25, -0.2) is 4.79 Å². The number of rotatable bonds is 5. The third-order valence-electron chi connectivity index (χ3n) is 4.59. The molecule has 1 fully saturated rings. The molecule has 0 saturated carbocycles. The second-order valence-electron chi connectivity index (χ2n) is 7.42. The van der Waals surface area contributed by atoms with E-state index in [1.165, 1.54) is 5.56 Å². The molecular weight excluding hydrogens is 334 g/mol. The quantitative estimate of drug-likeness (QED) is 0.487. The van der Waals surface area contributed by atoms with Gasteiger partial charge in [-0.3, -0.25) is 9.69 Å². The summed E-state index contributed by atoms with van der Waals surface area (Å²) in [5.41, 5.74) is 1.70. The number of hydrogen-bond acceptors (Lipinski definition) is 5. The molecule has 1 aromatic carbocycles. The van der Waals surface area contributed by atoms with Crippen LogP contribution in [0, 0.1) is 0 Å². The van der Waals surface area contributed by atoms with Gasteiger partial charge in [0.1, 0.15) is 0 Å². The Kier molecular flexibility index (Phi) is 8.75. The van der Waals surface area contributed by atoms with Crippen LogP contribution in [0.5, 0.6) is 0 Å². The highest BCUT2D eigenvalue weighted by Gasteiger charge is 2.37. The third-order valence-corrected chi connectivity index (χ3v) is 4.59. The van der Waals surface area contributed by atoms with Crippen LogP contribution in [0.3, 0.4) is 0 Å². The molecule has 0 amide bonds. The number of nitrogens with zero attached hydrogens (tertiary/aromatic N) is 1. The minimum atomic E-state index is -1.58. The van der Waals surface area contributed by atoms with Crippen LogP contribution in [0.2, 0.25) is 0 Å². The molecule has 0 spiro atoms. The molecule has 6 heteroatoms. The van der Waals surface area contributed by atoms with Crippen LogP contribution >= 0.6 is 0 Å². The molecule has 0 aliphatic carbocycles. The largest absolute Gasteiger partial charge is 0.513 e. The van der Waals surface area contributed by atoms with E-state index in [1.807, 2.05) is 0 Å². The van der Waals surface area contributed by atoms with E-state index in [-0.39, 0.29) is 17.6 Å². The Morgan fingerprint density at radius 1 is 1.23 bits per heavy atom. The maximum atomic E-state index is 9.15. The summed E-state index contributed by atoms with van der Waals surface area (Å²) in [6.07, 6.45) is 1.73. The minimum absolute atomic E-state index is 0.0395. The second kappa shape index (κ2) is 10.3. The topological polar surface area (TPSA) is 76.1 Å². The zero-order chi connectivity index (χ0) is 19.6. The summed E-state index contributed by atoms with van der Waals surface area (Å²) >= 11 is 0. The molecule has 0 unspecified atom stereocenters. The van der Waals surface area contributed by atoms with Gasteiger partial charge in [-0.2, -0.15) is 0 Å². The van der Waals surface area contributed by atoms with Crippen LogP contribution in [0.1, 0.15) is 46.1 Å². The first-order valence-corrected chi connectivity index (χ1v) is 8.98. The lowest BCUT2D eigenvalue weighted by Gasteiger charge is -2.46. The molecule has 146 valence electrons. The summed E-state index contributed by atoms with van der Waals surface area (Å²) in [5.74, 6) is 0. The van der Waals surface area contributed by atoms with Crippen molar-refractivity contribution in [3.05, 3.63) is 35.9 Å². The molecule has 0 aromatic heterocycles. The monoisotopic (exact) mass is 365 g/mol. The Bertz CT molecular complexity index is 545. The van der Waals surface area contributed by atoms with Crippen LogP contribution < -0.4 is 0 Å². The van der Waals surface area contributed by atoms with Gasteiger partial charge in [-0.05, 0) is 46.1 Å². The number of piperidine rings is 1. The number of likely N-dealkylation sites (tertiary alicyclic amines) is 1. The fourth-order valence-electron chi connectivity index (χ4n) is 3.27.